The van der Waals surface area contributed by atoms with Gasteiger partial charge in [0.2, 0.25) is 0 Å². The van der Waals surface area contributed by atoms with E-state index >= 15 is 0 Å². The molecule has 14 heavy (non-hydrogen) atoms. The van der Waals surface area contributed by atoms with Gasteiger partial charge in [-0.3, -0.25) is 9.69 Å². The van der Waals surface area contributed by atoms with Gasteiger partial charge >= 0.3 is 5.97 Å². The minimum Gasteiger partial charge on any atom is -0.480 e. The molecule has 1 saturated heterocycles. The molecule has 0 aliphatic carbocycles. The van der Waals surface area contributed by atoms with Crippen molar-refractivity contribution in [3.63, 3.8) is 0 Å². The summed E-state index contributed by atoms with van der Waals surface area (Å²) in [6.07, 6.45) is 1.41. The molecule has 0 saturated carbocycles. The molecule has 1 aliphatic heterocycles. The zero-order chi connectivity index (χ0) is 10.8. The highest BCUT2D eigenvalue weighted by Crippen LogP contribution is 2.30. The van der Waals surface area contributed by atoms with Crippen LogP contribution in [0.5, 0.6) is 0 Å². The van der Waals surface area contributed by atoms with Crippen molar-refractivity contribution in [2.24, 2.45) is 0 Å². The molecule has 5 heteroatoms. The van der Waals surface area contributed by atoms with Gasteiger partial charge in [-0.25, -0.2) is 4.79 Å². The van der Waals surface area contributed by atoms with Gasteiger partial charge in [-0.1, -0.05) is 0 Å². The molecule has 0 bridgehead atoms. The molecular weight excluding hydrogens is 202 g/mol. The Bertz CT molecular complexity index is 256. The standard InChI is InChI=1S/C9H15NO3S/c1-10-5-2-4-9(10,8(12)13)7(11)3-6-14/h14H,2-6H2,1H3,(H,12,13)/t9-/m1/s1. The van der Waals surface area contributed by atoms with Crippen LogP contribution in [-0.4, -0.2) is 46.6 Å². The van der Waals surface area contributed by atoms with Gasteiger partial charge in [0.15, 0.2) is 11.3 Å². The van der Waals surface area contributed by atoms with Gasteiger partial charge in [0.05, 0.1) is 0 Å². The van der Waals surface area contributed by atoms with Crippen molar-refractivity contribution in [1.82, 2.24) is 4.90 Å². The van der Waals surface area contributed by atoms with Crippen LogP contribution in [0, 0.1) is 0 Å². The van der Waals surface area contributed by atoms with Gasteiger partial charge in [0.1, 0.15) is 0 Å². The highest BCUT2D eigenvalue weighted by Gasteiger charge is 2.51. The smallest absolute Gasteiger partial charge is 0.331 e. The summed E-state index contributed by atoms with van der Waals surface area (Å²) in [7, 11) is 1.69. The third-order valence-electron chi connectivity index (χ3n) is 2.84. The van der Waals surface area contributed by atoms with Crippen LogP contribution in [0.15, 0.2) is 0 Å². The average molecular weight is 217 g/mol. The number of Topliss-reactive ketones (excluding diaryl/α,β-unsaturated/α-hetero) is 1. The zero-order valence-corrected chi connectivity index (χ0v) is 9.09. The van der Waals surface area contributed by atoms with Gasteiger partial charge in [-0.2, -0.15) is 12.6 Å². The summed E-state index contributed by atoms with van der Waals surface area (Å²) in [5, 5.41) is 9.14. The fourth-order valence-corrected chi connectivity index (χ4v) is 2.21. The summed E-state index contributed by atoms with van der Waals surface area (Å²) in [5.74, 6) is -0.842. The van der Waals surface area contributed by atoms with Crippen LogP contribution >= 0.6 is 12.6 Å². The van der Waals surface area contributed by atoms with E-state index in [1.165, 1.54) is 0 Å². The maximum atomic E-state index is 11.7. The quantitative estimate of drug-likeness (QED) is 0.529. The molecule has 80 valence electrons. The van der Waals surface area contributed by atoms with Crippen molar-refractivity contribution in [1.29, 1.82) is 0 Å². The second-order valence-electron chi connectivity index (χ2n) is 3.59. The minimum atomic E-state index is -1.28. The molecule has 0 radical (unpaired) electrons. The Hall–Kier alpha value is -0.550. The molecule has 1 fully saturated rings. The SMILES string of the molecule is CN1CCC[C@]1(C(=O)O)C(=O)CCS. The van der Waals surface area contributed by atoms with E-state index in [1.807, 2.05) is 0 Å². The third-order valence-corrected chi connectivity index (χ3v) is 3.06. The van der Waals surface area contributed by atoms with Gasteiger partial charge in [-0.15, -0.1) is 0 Å². The Balaban J connectivity index is 2.92. The molecule has 0 aromatic carbocycles. The fraction of sp³-hybridized carbons (Fsp3) is 0.778. The van der Waals surface area contributed by atoms with Crippen molar-refractivity contribution in [2.75, 3.05) is 19.3 Å². The van der Waals surface area contributed by atoms with Crippen molar-refractivity contribution >= 4 is 24.4 Å². The topological polar surface area (TPSA) is 57.6 Å². The fourth-order valence-electron chi connectivity index (χ4n) is 2.00. The molecule has 1 rings (SSSR count). The van der Waals surface area contributed by atoms with E-state index < -0.39 is 11.5 Å². The maximum absolute atomic E-state index is 11.7. The number of likely N-dealkylation sites (tertiary alicyclic amines) is 1. The lowest BCUT2D eigenvalue weighted by atomic mass is 9.89. The number of thiol groups is 1. The first-order valence-corrected chi connectivity index (χ1v) is 5.27. The molecule has 1 heterocycles. The molecule has 0 unspecified atom stereocenters. The molecule has 0 amide bonds. The Morgan fingerprint density at radius 3 is 2.57 bits per heavy atom. The average Bonchev–Trinajstić information content (AvgIpc) is 2.48. The van der Waals surface area contributed by atoms with Crippen molar-refractivity contribution in [3.05, 3.63) is 0 Å². The molecule has 4 nitrogen and oxygen atoms in total. The Labute approximate surface area is 88.7 Å². The lowest BCUT2D eigenvalue weighted by Crippen LogP contribution is -2.55. The number of nitrogens with zero attached hydrogens (tertiary/aromatic N) is 1. The summed E-state index contributed by atoms with van der Waals surface area (Å²) in [6, 6.07) is 0. The van der Waals surface area contributed by atoms with Gasteiger partial charge in [-0.05, 0) is 32.2 Å². The van der Waals surface area contributed by atoms with Crippen LogP contribution in [0.25, 0.3) is 0 Å². The van der Waals surface area contributed by atoms with Crippen molar-refractivity contribution in [2.45, 2.75) is 24.8 Å². The highest BCUT2D eigenvalue weighted by molar-refractivity contribution is 7.80. The second kappa shape index (κ2) is 4.31. The predicted molar refractivity (Wildman–Crippen MR) is 55.7 cm³/mol. The van der Waals surface area contributed by atoms with Crippen LogP contribution < -0.4 is 0 Å². The number of carbonyl (C=O) groups excluding carboxylic acids is 1. The number of carbonyl (C=O) groups is 2. The lowest BCUT2D eigenvalue weighted by Gasteiger charge is -2.29. The Morgan fingerprint density at radius 2 is 2.21 bits per heavy atom. The molecular formula is C9H15NO3S. The number of carboxylic acids is 1. The Kier molecular flexibility index (Phi) is 3.55. The number of hydrogen-bond acceptors (Lipinski definition) is 4. The summed E-state index contributed by atoms with van der Waals surface area (Å²) < 4.78 is 0. The number of carboxylic acid groups (broad SMARTS) is 1. The van der Waals surface area contributed by atoms with Crippen LogP contribution in [0.1, 0.15) is 19.3 Å². The molecule has 0 aromatic heterocycles. The minimum absolute atomic E-state index is 0.222. The first kappa shape index (κ1) is 11.5. The van der Waals surface area contributed by atoms with Gasteiger partial charge < -0.3 is 5.11 Å². The highest BCUT2D eigenvalue weighted by atomic mass is 32.1. The number of aliphatic carboxylic acids is 1. The van der Waals surface area contributed by atoms with Crippen molar-refractivity contribution in [3.8, 4) is 0 Å². The van der Waals surface area contributed by atoms with E-state index in [4.69, 9.17) is 5.11 Å². The van der Waals surface area contributed by atoms with E-state index in [0.717, 1.165) is 6.42 Å². The summed E-state index contributed by atoms with van der Waals surface area (Å²) in [5.41, 5.74) is -1.28. The van der Waals surface area contributed by atoms with E-state index in [2.05, 4.69) is 12.6 Å². The summed E-state index contributed by atoms with van der Waals surface area (Å²) in [6.45, 7) is 0.671. The summed E-state index contributed by atoms with van der Waals surface area (Å²) >= 11 is 3.96. The third kappa shape index (κ3) is 1.66. The monoisotopic (exact) mass is 217 g/mol. The Morgan fingerprint density at radius 1 is 1.57 bits per heavy atom. The normalized spacial score (nSPS) is 27.9. The number of ketones is 1. The van der Waals surface area contributed by atoms with Crippen molar-refractivity contribution < 1.29 is 14.7 Å². The van der Waals surface area contributed by atoms with Crippen LogP contribution in [-0.2, 0) is 9.59 Å². The molecule has 1 atom stereocenters. The van der Waals surface area contributed by atoms with Crippen LogP contribution in [0.4, 0.5) is 0 Å². The van der Waals surface area contributed by atoms with Crippen LogP contribution in [0.2, 0.25) is 0 Å². The zero-order valence-electron chi connectivity index (χ0n) is 8.19. The van der Waals surface area contributed by atoms with E-state index in [-0.39, 0.29) is 12.2 Å². The first-order valence-electron chi connectivity index (χ1n) is 4.64. The molecule has 1 aliphatic rings. The largest absolute Gasteiger partial charge is 0.480 e. The first-order chi connectivity index (χ1) is 6.55. The number of rotatable bonds is 4. The molecule has 0 aromatic rings. The predicted octanol–water partition coefficient (Wildman–Crippen LogP) is 0.424. The molecule has 0 spiro atoms. The van der Waals surface area contributed by atoms with Gasteiger partial charge in [0, 0.05) is 6.42 Å². The summed E-state index contributed by atoms with van der Waals surface area (Å²) in [4.78, 5) is 24.6. The van der Waals surface area contributed by atoms with E-state index in [0.29, 0.717) is 18.7 Å². The van der Waals surface area contributed by atoms with Crippen LogP contribution in [0.3, 0.4) is 0 Å². The maximum Gasteiger partial charge on any atom is 0.331 e. The van der Waals surface area contributed by atoms with Gasteiger partial charge in [0.25, 0.3) is 0 Å². The van der Waals surface area contributed by atoms with E-state index in [9.17, 15) is 9.59 Å². The molecule has 1 N–H and O–H groups in total. The number of likely N-dealkylation sites (N-methyl/N-ethyl adjacent to an activating group) is 1. The van der Waals surface area contributed by atoms with E-state index in [1.54, 1.807) is 11.9 Å². The number of hydrogen-bond donors (Lipinski definition) is 2. The lowest BCUT2D eigenvalue weighted by molar-refractivity contribution is -0.154. The second-order valence-corrected chi connectivity index (χ2v) is 4.03.